The second-order valence-electron chi connectivity index (χ2n) is 21.6. The molecular weight excluding hydrogens is 997 g/mol. The summed E-state index contributed by atoms with van der Waals surface area (Å²) in [6, 6.07) is 0. The fourth-order valence-electron chi connectivity index (χ4n) is 8.92. The van der Waals surface area contributed by atoms with Gasteiger partial charge in [0.05, 0.1) is 0 Å². The zero-order chi connectivity index (χ0) is 58.5. The Labute approximate surface area is 499 Å². The Kier molecular flexibility index (Phi) is 63.9. The minimum absolute atomic E-state index is 0.0987. The third kappa shape index (κ3) is 66.0. The van der Waals surface area contributed by atoms with E-state index in [1.165, 1.54) is 109 Å². The molecule has 0 aromatic rings. The number of hydrogen-bond donors (Lipinski definition) is 0. The van der Waals surface area contributed by atoms with Crippen LogP contribution in [0.4, 0.5) is 0 Å². The monoisotopic (exact) mass is 1120 g/mol. The number of rotatable bonds is 59. The highest BCUT2D eigenvalue weighted by molar-refractivity contribution is 5.71. The number of carbonyl (C=O) groups excluding carboxylic acids is 3. The third-order valence-electron chi connectivity index (χ3n) is 13.8. The van der Waals surface area contributed by atoms with Crippen LogP contribution in [0.15, 0.2) is 146 Å². The topological polar surface area (TPSA) is 78.9 Å². The maximum absolute atomic E-state index is 12.9. The van der Waals surface area contributed by atoms with Crippen molar-refractivity contribution in [3.63, 3.8) is 0 Å². The number of allylic oxidation sites excluding steroid dienone is 24. The SMILES string of the molecule is CC/C=C\C/C=C\C/C=C\C/C=C\C/C=C\C/C=C\C/C=C\C/C=C\CCCCCCCCCCC(=O)OCC(COC(=O)CCCCCCCCCCCCCCCCC)OC(=O)CCCC/C=C\C/C=C\C/C=C\C/C=C\CC. The van der Waals surface area contributed by atoms with E-state index in [0.717, 1.165) is 135 Å². The van der Waals surface area contributed by atoms with Crippen molar-refractivity contribution in [1.82, 2.24) is 0 Å². The minimum Gasteiger partial charge on any atom is -0.462 e. The van der Waals surface area contributed by atoms with Crippen molar-refractivity contribution >= 4 is 17.9 Å². The Hall–Kier alpha value is -4.71. The molecule has 0 aliphatic carbocycles. The molecule has 0 radical (unpaired) electrons. The molecule has 0 aliphatic heterocycles. The van der Waals surface area contributed by atoms with Crippen LogP contribution in [0, 0.1) is 0 Å². The van der Waals surface area contributed by atoms with E-state index in [-0.39, 0.29) is 37.5 Å². The summed E-state index contributed by atoms with van der Waals surface area (Å²) in [5.74, 6) is -0.946. The second kappa shape index (κ2) is 67.8. The molecule has 0 fully saturated rings. The first kappa shape index (κ1) is 76.3. The lowest BCUT2D eigenvalue weighted by molar-refractivity contribution is -0.167. The molecule has 0 N–H and O–H groups in total. The zero-order valence-corrected chi connectivity index (χ0v) is 52.5. The summed E-state index contributed by atoms with van der Waals surface area (Å²) in [6.07, 6.45) is 97.2. The van der Waals surface area contributed by atoms with Crippen LogP contribution in [0.25, 0.3) is 0 Å². The molecule has 81 heavy (non-hydrogen) atoms. The Bertz CT molecular complexity index is 1760. The van der Waals surface area contributed by atoms with E-state index in [9.17, 15) is 14.4 Å². The molecule has 458 valence electrons. The molecule has 0 aliphatic rings. The van der Waals surface area contributed by atoms with Crippen LogP contribution >= 0.6 is 0 Å². The molecule has 0 heterocycles. The highest BCUT2D eigenvalue weighted by Gasteiger charge is 2.19. The van der Waals surface area contributed by atoms with E-state index in [1.807, 2.05) is 0 Å². The average molecular weight is 1120 g/mol. The fraction of sp³-hybridized carbons (Fsp3) is 0.640. The summed E-state index contributed by atoms with van der Waals surface area (Å²) in [4.78, 5) is 38.3. The van der Waals surface area contributed by atoms with E-state index in [2.05, 4.69) is 167 Å². The highest BCUT2D eigenvalue weighted by Crippen LogP contribution is 2.16. The Balaban J connectivity index is 4.32. The van der Waals surface area contributed by atoms with Gasteiger partial charge in [0, 0.05) is 19.3 Å². The molecule has 6 nitrogen and oxygen atoms in total. The van der Waals surface area contributed by atoms with Crippen molar-refractivity contribution in [3.05, 3.63) is 146 Å². The molecule has 0 bridgehead atoms. The predicted octanol–water partition coefficient (Wildman–Crippen LogP) is 23.1. The molecule has 0 rings (SSSR count). The van der Waals surface area contributed by atoms with Gasteiger partial charge in [-0.05, 0) is 122 Å². The number of unbranched alkanes of at least 4 members (excludes halogenated alkanes) is 24. The molecule has 0 amide bonds. The largest absolute Gasteiger partial charge is 0.462 e. The summed E-state index contributed by atoms with van der Waals surface area (Å²) in [5, 5.41) is 0. The molecule has 0 aromatic carbocycles. The quantitative estimate of drug-likeness (QED) is 0.0261. The summed E-state index contributed by atoms with van der Waals surface area (Å²) in [5.41, 5.74) is 0. The smallest absolute Gasteiger partial charge is 0.306 e. The summed E-state index contributed by atoms with van der Waals surface area (Å²) in [7, 11) is 0. The van der Waals surface area contributed by atoms with Gasteiger partial charge in [0.15, 0.2) is 6.10 Å². The first-order valence-corrected chi connectivity index (χ1v) is 33.3. The first-order chi connectivity index (χ1) is 40.0. The Morgan fingerprint density at radius 2 is 0.481 bits per heavy atom. The molecule has 1 atom stereocenters. The van der Waals surface area contributed by atoms with Gasteiger partial charge in [-0.1, -0.05) is 295 Å². The predicted molar refractivity (Wildman–Crippen MR) is 352 cm³/mol. The molecular formula is C75H122O6. The highest BCUT2D eigenvalue weighted by atomic mass is 16.6. The molecule has 0 saturated carbocycles. The van der Waals surface area contributed by atoms with Crippen LogP contribution < -0.4 is 0 Å². The van der Waals surface area contributed by atoms with Gasteiger partial charge in [-0.15, -0.1) is 0 Å². The normalized spacial score (nSPS) is 13.1. The number of hydrogen-bond acceptors (Lipinski definition) is 6. The van der Waals surface area contributed by atoms with Crippen LogP contribution in [-0.4, -0.2) is 37.2 Å². The number of carbonyl (C=O) groups is 3. The van der Waals surface area contributed by atoms with Crippen LogP contribution in [0.1, 0.15) is 290 Å². The van der Waals surface area contributed by atoms with Gasteiger partial charge in [0.2, 0.25) is 0 Å². The van der Waals surface area contributed by atoms with Crippen LogP contribution in [0.3, 0.4) is 0 Å². The van der Waals surface area contributed by atoms with Crippen molar-refractivity contribution in [2.45, 2.75) is 297 Å². The van der Waals surface area contributed by atoms with Crippen molar-refractivity contribution in [2.24, 2.45) is 0 Å². The van der Waals surface area contributed by atoms with Gasteiger partial charge in [-0.2, -0.15) is 0 Å². The van der Waals surface area contributed by atoms with Crippen LogP contribution in [0.5, 0.6) is 0 Å². The lowest BCUT2D eigenvalue weighted by atomic mass is 10.0. The number of esters is 3. The maximum Gasteiger partial charge on any atom is 0.306 e. The fourth-order valence-corrected chi connectivity index (χ4v) is 8.92. The molecule has 0 saturated heterocycles. The van der Waals surface area contributed by atoms with Crippen molar-refractivity contribution in [1.29, 1.82) is 0 Å². The van der Waals surface area contributed by atoms with Crippen LogP contribution in [-0.2, 0) is 28.6 Å². The van der Waals surface area contributed by atoms with Gasteiger partial charge < -0.3 is 14.2 Å². The second-order valence-corrected chi connectivity index (χ2v) is 21.6. The zero-order valence-electron chi connectivity index (χ0n) is 52.5. The molecule has 0 aromatic heterocycles. The number of ether oxygens (including phenoxy) is 3. The van der Waals surface area contributed by atoms with Gasteiger partial charge in [-0.3, -0.25) is 14.4 Å². The van der Waals surface area contributed by atoms with Crippen molar-refractivity contribution in [3.8, 4) is 0 Å². The molecule has 0 spiro atoms. The van der Waals surface area contributed by atoms with Gasteiger partial charge in [0.25, 0.3) is 0 Å². The lowest BCUT2D eigenvalue weighted by Crippen LogP contribution is -2.30. The van der Waals surface area contributed by atoms with Gasteiger partial charge in [0.1, 0.15) is 13.2 Å². The minimum atomic E-state index is -0.808. The first-order valence-electron chi connectivity index (χ1n) is 33.3. The van der Waals surface area contributed by atoms with E-state index in [4.69, 9.17) is 14.2 Å². The van der Waals surface area contributed by atoms with Gasteiger partial charge in [-0.25, -0.2) is 0 Å². The van der Waals surface area contributed by atoms with Crippen molar-refractivity contribution < 1.29 is 28.6 Å². The Morgan fingerprint density at radius 1 is 0.259 bits per heavy atom. The summed E-state index contributed by atoms with van der Waals surface area (Å²) in [6.45, 7) is 6.38. The van der Waals surface area contributed by atoms with Crippen LogP contribution in [0.2, 0.25) is 0 Å². The maximum atomic E-state index is 12.9. The molecule has 1 unspecified atom stereocenters. The van der Waals surface area contributed by atoms with E-state index >= 15 is 0 Å². The van der Waals surface area contributed by atoms with Gasteiger partial charge >= 0.3 is 17.9 Å². The van der Waals surface area contributed by atoms with E-state index < -0.39 is 6.10 Å². The lowest BCUT2D eigenvalue weighted by Gasteiger charge is -2.18. The van der Waals surface area contributed by atoms with Crippen molar-refractivity contribution in [2.75, 3.05) is 13.2 Å². The molecule has 6 heteroatoms. The standard InChI is InChI=1S/C75H122O6/c1-4-7-10-13-16-19-22-25-28-29-30-31-32-33-34-35-36-37-38-39-40-41-42-43-44-45-48-50-53-56-59-62-65-68-74(77)80-71-72(81-75(78)69-66-63-60-57-54-51-47-27-24-21-18-15-12-9-6-3)70-79-73(76)67-64-61-58-55-52-49-46-26-23-20-17-14-11-8-5-2/h7,9-10,12,16,18-19,21,25,27-28,30-31,33-34,36-37,39-40,42-43,47,54,57,72H,4-6,8,11,13-15,17,20,22-24,26,29,32,35,38,41,44-46,48-53,55-56,58-71H2,1-3H3/b10-7-,12-9-,19-16-,21-18-,28-25-,31-30-,34-33-,37-36-,40-39-,43-42-,47-27-,57-54-. The third-order valence-corrected chi connectivity index (χ3v) is 13.8. The van der Waals surface area contributed by atoms with E-state index in [0.29, 0.717) is 19.3 Å². The average Bonchev–Trinajstić information content (AvgIpc) is 3.47. The summed E-state index contributed by atoms with van der Waals surface area (Å²) < 4.78 is 16.9. The van der Waals surface area contributed by atoms with E-state index in [1.54, 1.807) is 0 Å². The summed E-state index contributed by atoms with van der Waals surface area (Å²) >= 11 is 0. The Morgan fingerprint density at radius 3 is 0.778 bits per heavy atom.